The van der Waals surface area contributed by atoms with Crippen LogP contribution in [-0.2, 0) is 14.2 Å². The Morgan fingerprint density at radius 3 is 1.65 bits per heavy atom. The molecule has 0 aliphatic carbocycles. The standard InChI is InChI=1S/C14H26O3/c1-3-5-7-11(13-9-15-13)17-12(8-6-4-2)14-10-16-14/h11-14H,3-10H2,1-2H3. The highest BCUT2D eigenvalue weighted by atomic mass is 16.6. The third kappa shape index (κ3) is 4.57. The molecule has 0 radical (unpaired) electrons. The van der Waals surface area contributed by atoms with Crippen LogP contribution >= 0.6 is 0 Å². The molecule has 2 aliphatic heterocycles. The second kappa shape index (κ2) is 6.72. The van der Waals surface area contributed by atoms with Gasteiger partial charge in [0.15, 0.2) is 0 Å². The molecule has 0 aromatic heterocycles. The molecule has 2 saturated heterocycles. The Morgan fingerprint density at radius 2 is 1.35 bits per heavy atom. The van der Waals surface area contributed by atoms with Gasteiger partial charge in [-0.1, -0.05) is 39.5 Å². The zero-order valence-corrected chi connectivity index (χ0v) is 11.2. The minimum atomic E-state index is 0.306. The van der Waals surface area contributed by atoms with Crippen molar-refractivity contribution in [2.75, 3.05) is 13.2 Å². The molecule has 17 heavy (non-hydrogen) atoms. The summed E-state index contributed by atoms with van der Waals surface area (Å²) >= 11 is 0. The van der Waals surface area contributed by atoms with Gasteiger partial charge in [-0.05, 0) is 12.8 Å². The molecule has 2 heterocycles. The van der Waals surface area contributed by atoms with E-state index in [2.05, 4.69) is 13.8 Å². The Morgan fingerprint density at radius 1 is 0.941 bits per heavy atom. The summed E-state index contributed by atoms with van der Waals surface area (Å²) in [5.41, 5.74) is 0. The van der Waals surface area contributed by atoms with Crippen LogP contribution in [0, 0.1) is 0 Å². The Kier molecular flexibility index (Phi) is 5.26. The van der Waals surface area contributed by atoms with E-state index >= 15 is 0 Å². The molecule has 4 unspecified atom stereocenters. The summed E-state index contributed by atoms with van der Waals surface area (Å²) in [4.78, 5) is 0. The van der Waals surface area contributed by atoms with Gasteiger partial charge < -0.3 is 14.2 Å². The lowest BCUT2D eigenvalue weighted by molar-refractivity contribution is -0.0465. The molecule has 0 aromatic carbocycles. The van der Waals surface area contributed by atoms with Crippen molar-refractivity contribution in [3.63, 3.8) is 0 Å². The molecule has 0 spiro atoms. The third-order valence-electron chi connectivity index (χ3n) is 3.58. The Labute approximate surface area is 105 Å². The van der Waals surface area contributed by atoms with Gasteiger partial charge in [0.05, 0.1) is 25.4 Å². The average molecular weight is 242 g/mol. The van der Waals surface area contributed by atoms with Crippen molar-refractivity contribution in [2.24, 2.45) is 0 Å². The van der Waals surface area contributed by atoms with Gasteiger partial charge in [-0.2, -0.15) is 0 Å². The molecule has 0 aromatic rings. The summed E-state index contributed by atoms with van der Waals surface area (Å²) in [6, 6.07) is 0. The van der Waals surface area contributed by atoms with Gasteiger partial charge in [0, 0.05) is 0 Å². The predicted molar refractivity (Wildman–Crippen MR) is 67.2 cm³/mol. The van der Waals surface area contributed by atoms with Crippen LogP contribution in [0.1, 0.15) is 52.4 Å². The maximum absolute atomic E-state index is 6.25. The highest BCUT2D eigenvalue weighted by Gasteiger charge is 2.39. The summed E-state index contributed by atoms with van der Waals surface area (Å²) < 4.78 is 17.1. The van der Waals surface area contributed by atoms with Crippen LogP contribution in [0.3, 0.4) is 0 Å². The largest absolute Gasteiger partial charge is 0.370 e. The van der Waals surface area contributed by atoms with Gasteiger partial charge >= 0.3 is 0 Å². The molecule has 0 bridgehead atoms. The van der Waals surface area contributed by atoms with E-state index in [9.17, 15) is 0 Å². The molecule has 3 nitrogen and oxygen atoms in total. The number of ether oxygens (including phenoxy) is 3. The first kappa shape index (κ1) is 13.3. The van der Waals surface area contributed by atoms with E-state index in [0.717, 1.165) is 26.1 Å². The van der Waals surface area contributed by atoms with Crippen LogP contribution in [0.5, 0.6) is 0 Å². The van der Waals surface area contributed by atoms with Crippen molar-refractivity contribution in [3.05, 3.63) is 0 Å². The molecule has 0 saturated carbocycles. The van der Waals surface area contributed by atoms with Crippen LogP contribution in [0.25, 0.3) is 0 Å². The molecule has 2 rings (SSSR count). The number of rotatable bonds is 10. The first-order chi connectivity index (χ1) is 8.35. The Balaban J connectivity index is 1.76. The molecular weight excluding hydrogens is 216 g/mol. The van der Waals surface area contributed by atoms with E-state index in [1.165, 1.54) is 25.7 Å². The lowest BCUT2D eigenvalue weighted by atomic mass is 10.1. The quantitative estimate of drug-likeness (QED) is 0.552. The van der Waals surface area contributed by atoms with E-state index in [4.69, 9.17) is 14.2 Å². The van der Waals surface area contributed by atoms with E-state index in [0.29, 0.717) is 24.4 Å². The fraction of sp³-hybridized carbons (Fsp3) is 1.00. The molecule has 2 aliphatic rings. The minimum Gasteiger partial charge on any atom is -0.370 e. The molecule has 100 valence electrons. The summed E-state index contributed by atoms with van der Waals surface area (Å²) in [7, 11) is 0. The van der Waals surface area contributed by atoms with Crippen molar-refractivity contribution in [1.82, 2.24) is 0 Å². The van der Waals surface area contributed by atoms with Crippen LogP contribution in [0.4, 0.5) is 0 Å². The lowest BCUT2D eigenvalue weighted by Gasteiger charge is -2.22. The van der Waals surface area contributed by atoms with Crippen LogP contribution in [0.2, 0.25) is 0 Å². The number of epoxide rings is 2. The number of unbranched alkanes of at least 4 members (excludes halogenated alkanes) is 2. The summed E-state index contributed by atoms with van der Waals surface area (Å²) in [5, 5.41) is 0. The fourth-order valence-corrected chi connectivity index (χ4v) is 2.26. The number of hydrogen-bond donors (Lipinski definition) is 0. The summed E-state index contributed by atoms with van der Waals surface area (Å²) in [5.74, 6) is 0. The third-order valence-corrected chi connectivity index (χ3v) is 3.58. The van der Waals surface area contributed by atoms with Crippen molar-refractivity contribution in [2.45, 2.75) is 76.8 Å². The monoisotopic (exact) mass is 242 g/mol. The minimum absolute atomic E-state index is 0.306. The summed E-state index contributed by atoms with van der Waals surface area (Å²) in [6.45, 7) is 6.23. The van der Waals surface area contributed by atoms with Crippen molar-refractivity contribution in [1.29, 1.82) is 0 Å². The topological polar surface area (TPSA) is 34.3 Å². The van der Waals surface area contributed by atoms with Gasteiger partial charge in [0.1, 0.15) is 12.2 Å². The smallest absolute Gasteiger partial charge is 0.107 e. The second-order valence-electron chi connectivity index (χ2n) is 5.24. The fourth-order valence-electron chi connectivity index (χ4n) is 2.26. The van der Waals surface area contributed by atoms with Gasteiger partial charge in [0.2, 0.25) is 0 Å². The SMILES string of the molecule is CCCCC(OC(CCCC)C1CO1)C1CO1. The van der Waals surface area contributed by atoms with E-state index in [1.54, 1.807) is 0 Å². The van der Waals surface area contributed by atoms with Gasteiger partial charge in [0.25, 0.3) is 0 Å². The highest BCUT2D eigenvalue weighted by Crippen LogP contribution is 2.28. The Hall–Kier alpha value is -0.120. The highest BCUT2D eigenvalue weighted by molar-refractivity contribution is 4.86. The van der Waals surface area contributed by atoms with Crippen LogP contribution in [0.15, 0.2) is 0 Å². The van der Waals surface area contributed by atoms with E-state index in [1.807, 2.05) is 0 Å². The molecular formula is C14H26O3. The van der Waals surface area contributed by atoms with Crippen molar-refractivity contribution < 1.29 is 14.2 Å². The molecule has 0 N–H and O–H groups in total. The van der Waals surface area contributed by atoms with Crippen LogP contribution < -0.4 is 0 Å². The first-order valence-corrected chi connectivity index (χ1v) is 7.23. The number of hydrogen-bond acceptors (Lipinski definition) is 3. The second-order valence-corrected chi connectivity index (χ2v) is 5.24. The lowest BCUT2D eigenvalue weighted by Crippen LogP contribution is -2.30. The maximum Gasteiger partial charge on any atom is 0.107 e. The van der Waals surface area contributed by atoms with Crippen molar-refractivity contribution in [3.8, 4) is 0 Å². The molecule has 4 atom stereocenters. The zero-order valence-electron chi connectivity index (χ0n) is 11.2. The zero-order chi connectivity index (χ0) is 12.1. The predicted octanol–water partition coefficient (Wildman–Crippen LogP) is 2.92. The van der Waals surface area contributed by atoms with E-state index in [-0.39, 0.29) is 0 Å². The normalized spacial score (nSPS) is 30.0. The van der Waals surface area contributed by atoms with Crippen LogP contribution in [-0.4, -0.2) is 37.6 Å². The average Bonchev–Trinajstić information content (AvgIpc) is 3.18. The molecule has 2 fully saturated rings. The Bertz CT molecular complexity index is 190. The molecule has 0 amide bonds. The maximum atomic E-state index is 6.25. The van der Waals surface area contributed by atoms with E-state index < -0.39 is 0 Å². The first-order valence-electron chi connectivity index (χ1n) is 7.23. The van der Waals surface area contributed by atoms with Gasteiger partial charge in [-0.25, -0.2) is 0 Å². The van der Waals surface area contributed by atoms with Gasteiger partial charge in [-0.3, -0.25) is 0 Å². The summed E-state index contributed by atoms with van der Waals surface area (Å²) in [6.07, 6.45) is 8.54. The van der Waals surface area contributed by atoms with Gasteiger partial charge in [-0.15, -0.1) is 0 Å². The molecule has 3 heteroatoms. The van der Waals surface area contributed by atoms with Crippen molar-refractivity contribution >= 4 is 0 Å².